The summed E-state index contributed by atoms with van der Waals surface area (Å²) in [5.41, 5.74) is 0.506. The first kappa shape index (κ1) is 18.6. The highest BCUT2D eigenvalue weighted by Gasteiger charge is 2.18. The van der Waals surface area contributed by atoms with Crippen molar-refractivity contribution >= 4 is 54.8 Å². The van der Waals surface area contributed by atoms with Gasteiger partial charge < -0.3 is 10.1 Å². The third-order valence-electron chi connectivity index (χ3n) is 2.97. The highest BCUT2D eigenvalue weighted by Crippen LogP contribution is 2.31. The molecule has 2 aromatic rings. The topological polar surface area (TPSA) is 84.5 Å². The number of nitrogens with one attached hydrogen (secondary N) is 2. The van der Waals surface area contributed by atoms with Gasteiger partial charge in [0.15, 0.2) is 0 Å². The summed E-state index contributed by atoms with van der Waals surface area (Å²) in [6.07, 6.45) is 0. The van der Waals surface area contributed by atoms with Crippen molar-refractivity contribution in [3.8, 4) is 5.75 Å². The van der Waals surface area contributed by atoms with E-state index in [9.17, 15) is 13.2 Å². The van der Waals surface area contributed by atoms with Gasteiger partial charge in [-0.05, 0) is 36.4 Å². The highest BCUT2D eigenvalue weighted by atomic mass is 79.9. The summed E-state index contributed by atoms with van der Waals surface area (Å²) >= 11 is 9.29. The number of rotatable bonds is 5. The van der Waals surface area contributed by atoms with Crippen LogP contribution in [0.4, 0.5) is 11.4 Å². The largest absolute Gasteiger partial charge is 0.495 e. The summed E-state index contributed by atoms with van der Waals surface area (Å²) in [4.78, 5) is 11.2. The van der Waals surface area contributed by atoms with Gasteiger partial charge >= 0.3 is 0 Å². The van der Waals surface area contributed by atoms with E-state index in [4.69, 9.17) is 16.3 Å². The quantitative estimate of drug-likeness (QED) is 0.749. The van der Waals surface area contributed by atoms with Gasteiger partial charge in [-0.3, -0.25) is 9.52 Å². The van der Waals surface area contributed by atoms with Crippen LogP contribution >= 0.6 is 27.5 Å². The van der Waals surface area contributed by atoms with E-state index < -0.39 is 10.0 Å². The maximum Gasteiger partial charge on any atom is 0.262 e. The van der Waals surface area contributed by atoms with E-state index in [1.54, 1.807) is 18.2 Å². The monoisotopic (exact) mass is 432 g/mol. The molecule has 0 atom stereocenters. The second kappa shape index (κ2) is 7.42. The van der Waals surface area contributed by atoms with Crippen molar-refractivity contribution in [2.75, 3.05) is 17.1 Å². The van der Waals surface area contributed by atoms with E-state index in [-0.39, 0.29) is 27.2 Å². The molecule has 0 aromatic heterocycles. The molecule has 2 rings (SSSR count). The lowest BCUT2D eigenvalue weighted by molar-refractivity contribution is -0.114. The van der Waals surface area contributed by atoms with Gasteiger partial charge in [-0.25, -0.2) is 8.42 Å². The second-order valence-electron chi connectivity index (χ2n) is 4.77. The van der Waals surface area contributed by atoms with E-state index in [1.165, 1.54) is 32.2 Å². The minimum Gasteiger partial charge on any atom is -0.495 e. The molecule has 6 nitrogen and oxygen atoms in total. The molecule has 0 fully saturated rings. The fourth-order valence-corrected chi connectivity index (χ4v) is 3.80. The Morgan fingerprint density at radius 3 is 2.46 bits per heavy atom. The van der Waals surface area contributed by atoms with Gasteiger partial charge in [-0.15, -0.1) is 0 Å². The molecule has 24 heavy (non-hydrogen) atoms. The Morgan fingerprint density at radius 1 is 1.17 bits per heavy atom. The molecule has 1 amide bonds. The lowest BCUT2D eigenvalue weighted by Crippen LogP contribution is -2.14. The molecule has 0 radical (unpaired) electrons. The van der Waals surface area contributed by atoms with Crippen molar-refractivity contribution in [3.63, 3.8) is 0 Å². The molecule has 2 N–H and O–H groups in total. The summed E-state index contributed by atoms with van der Waals surface area (Å²) < 4.78 is 33.3. The number of carbonyl (C=O) groups is 1. The van der Waals surface area contributed by atoms with E-state index in [0.29, 0.717) is 5.75 Å². The highest BCUT2D eigenvalue weighted by molar-refractivity contribution is 9.10. The SMILES string of the molecule is COc1ccc(S(=O)(=O)Nc2ccc(Br)cc2Cl)cc1NC(C)=O. The van der Waals surface area contributed by atoms with Crippen LogP contribution in [0.5, 0.6) is 5.75 Å². The van der Waals surface area contributed by atoms with Crippen LogP contribution in [-0.4, -0.2) is 21.4 Å². The number of ether oxygens (including phenoxy) is 1. The fraction of sp³-hybridized carbons (Fsp3) is 0.133. The first-order valence-electron chi connectivity index (χ1n) is 6.66. The molecule has 0 aliphatic rings. The summed E-state index contributed by atoms with van der Waals surface area (Å²) in [5, 5.41) is 2.78. The Labute approximate surface area is 153 Å². The molecular formula is C15H14BrClN2O4S. The summed E-state index contributed by atoms with van der Waals surface area (Å²) in [6, 6.07) is 8.94. The van der Waals surface area contributed by atoms with E-state index >= 15 is 0 Å². The Balaban J connectivity index is 2.40. The first-order valence-corrected chi connectivity index (χ1v) is 9.32. The van der Waals surface area contributed by atoms with E-state index in [0.717, 1.165) is 4.47 Å². The third kappa shape index (κ3) is 4.40. The molecule has 0 spiro atoms. The number of hydrogen-bond donors (Lipinski definition) is 2. The normalized spacial score (nSPS) is 11.0. The van der Waals surface area contributed by atoms with Crippen LogP contribution < -0.4 is 14.8 Å². The minimum absolute atomic E-state index is 0.0361. The zero-order valence-electron chi connectivity index (χ0n) is 12.8. The molecule has 128 valence electrons. The van der Waals surface area contributed by atoms with Crippen LogP contribution in [0.3, 0.4) is 0 Å². The minimum atomic E-state index is -3.89. The number of sulfonamides is 1. The molecule has 0 saturated carbocycles. The number of halogens is 2. The van der Waals surface area contributed by atoms with Crippen LogP contribution in [0, 0.1) is 0 Å². The molecule has 0 aliphatic carbocycles. The predicted octanol–water partition coefficient (Wildman–Crippen LogP) is 3.87. The van der Waals surface area contributed by atoms with E-state index in [1.807, 2.05) is 0 Å². The number of anilines is 2. The van der Waals surface area contributed by atoms with Crippen LogP contribution in [0.15, 0.2) is 45.8 Å². The smallest absolute Gasteiger partial charge is 0.262 e. The predicted molar refractivity (Wildman–Crippen MR) is 97.3 cm³/mol. The van der Waals surface area contributed by atoms with Gasteiger partial charge in [0, 0.05) is 11.4 Å². The molecule has 9 heteroatoms. The molecular weight excluding hydrogens is 420 g/mol. The van der Waals surface area contributed by atoms with Gasteiger partial charge in [-0.2, -0.15) is 0 Å². The zero-order chi connectivity index (χ0) is 17.9. The zero-order valence-corrected chi connectivity index (χ0v) is 15.9. The molecule has 0 aliphatic heterocycles. The van der Waals surface area contributed by atoms with Crippen LogP contribution in [0.1, 0.15) is 6.92 Å². The Kier molecular flexibility index (Phi) is 5.74. The number of hydrogen-bond acceptors (Lipinski definition) is 4. The Bertz CT molecular complexity index is 887. The Morgan fingerprint density at radius 2 is 1.88 bits per heavy atom. The van der Waals surface area contributed by atoms with Crippen LogP contribution in [0.25, 0.3) is 0 Å². The van der Waals surface area contributed by atoms with Crippen molar-refractivity contribution in [3.05, 3.63) is 45.9 Å². The lowest BCUT2D eigenvalue weighted by Gasteiger charge is -2.13. The van der Waals surface area contributed by atoms with Crippen LogP contribution in [-0.2, 0) is 14.8 Å². The molecule has 0 unspecified atom stereocenters. The standard InChI is InChI=1S/C15H14BrClN2O4S/c1-9(20)18-14-8-11(4-6-15(14)23-2)24(21,22)19-13-5-3-10(16)7-12(13)17/h3-8,19H,1-2H3,(H,18,20). The number of benzene rings is 2. The molecule has 0 heterocycles. The summed E-state index contributed by atoms with van der Waals surface area (Å²) in [7, 11) is -2.46. The van der Waals surface area contributed by atoms with Gasteiger partial charge in [0.25, 0.3) is 10.0 Å². The van der Waals surface area contributed by atoms with Crippen molar-refractivity contribution in [2.45, 2.75) is 11.8 Å². The average Bonchev–Trinajstić information content (AvgIpc) is 2.49. The van der Waals surface area contributed by atoms with Crippen molar-refractivity contribution in [1.82, 2.24) is 0 Å². The van der Waals surface area contributed by atoms with Crippen molar-refractivity contribution < 1.29 is 17.9 Å². The van der Waals surface area contributed by atoms with Gasteiger partial charge in [0.05, 0.1) is 28.4 Å². The number of amides is 1. The number of carbonyl (C=O) groups excluding carboxylic acids is 1. The second-order valence-corrected chi connectivity index (χ2v) is 7.78. The van der Waals surface area contributed by atoms with Crippen molar-refractivity contribution in [1.29, 1.82) is 0 Å². The maximum absolute atomic E-state index is 12.5. The van der Waals surface area contributed by atoms with Crippen LogP contribution in [0.2, 0.25) is 5.02 Å². The summed E-state index contributed by atoms with van der Waals surface area (Å²) in [6.45, 7) is 1.32. The molecule has 2 aromatic carbocycles. The maximum atomic E-state index is 12.5. The molecule has 0 saturated heterocycles. The first-order chi connectivity index (χ1) is 11.2. The fourth-order valence-electron chi connectivity index (χ4n) is 1.92. The lowest BCUT2D eigenvalue weighted by atomic mass is 10.3. The van der Waals surface area contributed by atoms with Gasteiger partial charge in [0.1, 0.15) is 5.75 Å². The summed E-state index contributed by atoms with van der Waals surface area (Å²) in [5.74, 6) is 0.0117. The number of methoxy groups -OCH3 is 1. The third-order valence-corrected chi connectivity index (χ3v) is 5.14. The van der Waals surface area contributed by atoms with Crippen molar-refractivity contribution in [2.24, 2.45) is 0 Å². The molecule has 0 bridgehead atoms. The van der Waals surface area contributed by atoms with E-state index in [2.05, 4.69) is 26.0 Å². The van der Waals surface area contributed by atoms with Gasteiger partial charge in [0.2, 0.25) is 5.91 Å². The average molecular weight is 434 g/mol. The van der Waals surface area contributed by atoms with Gasteiger partial charge in [-0.1, -0.05) is 27.5 Å². The Hall–Kier alpha value is -1.77.